The van der Waals surface area contributed by atoms with Gasteiger partial charge in [-0.1, -0.05) is 35.9 Å². The molecule has 0 amide bonds. The molecule has 3 aromatic rings. The molecule has 0 aliphatic heterocycles. The van der Waals surface area contributed by atoms with Gasteiger partial charge in [-0.05, 0) is 19.1 Å². The first kappa shape index (κ1) is 15.5. The van der Waals surface area contributed by atoms with Gasteiger partial charge in [0.1, 0.15) is 11.5 Å². The molecule has 0 bridgehead atoms. The second kappa shape index (κ2) is 6.73. The molecule has 3 rings (SSSR count). The Labute approximate surface area is 127 Å². The average molecular weight is 297 g/mol. The van der Waals surface area contributed by atoms with Gasteiger partial charge in [0.2, 0.25) is 0 Å². The molecule has 1 aromatic heterocycles. The lowest BCUT2D eigenvalue weighted by Gasteiger charge is -1.99. The van der Waals surface area contributed by atoms with E-state index in [-0.39, 0.29) is 12.0 Å². The zero-order valence-electron chi connectivity index (χ0n) is 12.1. The summed E-state index contributed by atoms with van der Waals surface area (Å²) in [6.45, 7) is 2.03. The third-order valence-electron chi connectivity index (χ3n) is 3.04. The van der Waals surface area contributed by atoms with Crippen molar-refractivity contribution < 1.29 is 4.39 Å². The van der Waals surface area contributed by atoms with E-state index >= 15 is 0 Å². The van der Waals surface area contributed by atoms with Gasteiger partial charge in [-0.25, -0.2) is 4.39 Å². The molecule has 4 N–H and O–H groups in total. The first-order valence-electron chi connectivity index (χ1n) is 6.50. The molecule has 0 unspecified atom stereocenters. The van der Waals surface area contributed by atoms with Crippen molar-refractivity contribution in [3.8, 4) is 11.3 Å². The molecule has 0 aliphatic carbocycles. The van der Waals surface area contributed by atoms with Crippen molar-refractivity contribution in [2.24, 2.45) is 10.2 Å². The van der Waals surface area contributed by atoms with E-state index in [0.29, 0.717) is 11.4 Å². The van der Waals surface area contributed by atoms with E-state index in [1.54, 1.807) is 18.3 Å². The zero-order chi connectivity index (χ0) is 14.7. The highest BCUT2D eigenvalue weighted by Crippen LogP contribution is 2.29. The molecule has 1 heterocycles. The van der Waals surface area contributed by atoms with E-state index in [1.165, 1.54) is 17.7 Å². The number of azo groups is 1. The van der Waals surface area contributed by atoms with Crippen molar-refractivity contribution >= 4 is 11.4 Å². The maximum Gasteiger partial charge on any atom is 0.131 e. The Bertz CT molecular complexity index is 777. The van der Waals surface area contributed by atoms with Crippen LogP contribution in [0.4, 0.5) is 15.8 Å². The number of hydrogen-bond acceptors (Lipinski definition) is 4. The van der Waals surface area contributed by atoms with Gasteiger partial charge in [-0.15, -0.1) is 5.11 Å². The molecular formula is C16H16FN5. The highest BCUT2D eigenvalue weighted by atomic mass is 19.1. The standard InChI is InChI=1S/C16H13FN4.H3N/c1-11-5-7-12(8-6-11)16-15(10-18-21-16)20-19-14-4-2-3-13(17)9-14;/h2-10H,1H3,(H,18,21);1H3. The molecule has 0 aliphatic rings. The second-order valence-electron chi connectivity index (χ2n) is 4.68. The largest absolute Gasteiger partial charge is 0.344 e. The minimum absolute atomic E-state index is 0. The number of nitrogens with one attached hydrogen (secondary N) is 1. The number of aromatic amines is 1. The van der Waals surface area contributed by atoms with E-state index in [1.807, 2.05) is 31.2 Å². The van der Waals surface area contributed by atoms with Crippen LogP contribution in [0.25, 0.3) is 11.3 Å². The van der Waals surface area contributed by atoms with Crippen molar-refractivity contribution in [1.29, 1.82) is 0 Å². The Hall–Kier alpha value is -2.86. The summed E-state index contributed by atoms with van der Waals surface area (Å²) in [5, 5.41) is 15.1. The van der Waals surface area contributed by atoms with Crippen LogP contribution < -0.4 is 6.15 Å². The summed E-state index contributed by atoms with van der Waals surface area (Å²) >= 11 is 0. The van der Waals surface area contributed by atoms with Crippen molar-refractivity contribution in [1.82, 2.24) is 16.3 Å². The first-order chi connectivity index (χ1) is 10.2. The minimum atomic E-state index is -0.336. The van der Waals surface area contributed by atoms with E-state index in [4.69, 9.17) is 0 Å². The van der Waals surface area contributed by atoms with Gasteiger partial charge in [0.15, 0.2) is 0 Å². The number of halogens is 1. The molecule has 0 spiro atoms. The number of H-pyrrole nitrogens is 1. The van der Waals surface area contributed by atoms with Crippen molar-refractivity contribution in [2.45, 2.75) is 6.92 Å². The first-order valence-corrected chi connectivity index (χ1v) is 6.50. The third-order valence-corrected chi connectivity index (χ3v) is 3.04. The lowest BCUT2D eigenvalue weighted by Crippen LogP contribution is -1.79. The second-order valence-corrected chi connectivity index (χ2v) is 4.68. The van der Waals surface area contributed by atoms with Gasteiger partial charge in [0.25, 0.3) is 0 Å². The van der Waals surface area contributed by atoms with Crippen LogP contribution in [-0.4, -0.2) is 10.2 Å². The number of hydrogen-bond donors (Lipinski definition) is 2. The molecule has 0 atom stereocenters. The Morgan fingerprint density at radius 3 is 2.55 bits per heavy atom. The van der Waals surface area contributed by atoms with E-state index in [0.717, 1.165) is 11.3 Å². The van der Waals surface area contributed by atoms with Crippen LogP contribution in [0, 0.1) is 12.7 Å². The van der Waals surface area contributed by atoms with Crippen LogP contribution in [0.1, 0.15) is 5.56 Å². The summed E-state index contributed by atoms with van der Waals surface area (Å²) < 4.78 is 13.1. The summed E-state index contributed by atoms with van der Waals surface area (Å²) in [6.07, 6.45) is 1.60. The van der Waals surface area contributed by atoms with Crippen LogP contribution in [0.5, 0.6) is 0 Å². The van der Waals surface area contributed by atoms with Crippen LogP contribution in [0.15, 0.2) is 65.0 Å². The van der Waals surface area contributed by atoms with E-state index < -0.39 is 0 Å². The molecule has 5 nitrogen and oxygen atoms in total. The SMILES string of the molecule is Cc1ccc(-c2[nH]ncc2N=Nc2cccc(F)c2)cc1.N. The van der Waals surface area contributed by atoms with Crippen molar-refractivity contribution in [3.05, 3.63) is 66.1 Å². The van der Waals surface area contributed by atoms with Gasteiger partial charge in [0, 0.05) is 11.6 Å². The Kier molecular flexibility index (Phi) is 4.75. The van der Waals surface area contributed by atoms with Gasteiger partial charge < -0.3 is 6.15 Å². The number of aryl methyl sites for hydroxylation is 1. The summed E-state index contributed by atoms with van der Waals surface area (Å²) in [6, 6.07) is 14.0. The summed E-state index contributed by atoms with van der Waals surface area (Å²) in [4.78, 5) is 0. The smallest absolute Gasteiger partial charge is 0.131 e. The topological polar surface area (TPSA) is 88.4 Å². The van der Waals surface area contributed by atoms with E-state index in [2.05, 4.69) is 20.4 Å². The van der Waals surface area contributed by atoms with Crippen molar-refractivity contribution in [2.75, 3.05) is 0 Å². The predicted molar refractivity (Wildman–Crippen MR) is 84.4 cm³/mol. The Balaban J connectivity index is 0.00000176. The van der Waals surface area contributed by atoms with E-state index in [9.17, 15) is 4.39 Å². The van der Waals surface area contributed by atoms with Gasteiger partial charge in [0.05, 0.1) is 17.6 Å². The Morgan fingerprint density at radius 1 is 1.05 bits per heavy atom. The lowest BCUT2D eigenvalue weighted by atomic mass is 10.1. The van der Waals surface area contributed by atoms with Crippen LogP contribution in [-0.2, 0) is 0 Å². The summed E-state index contributed by atoms with van der Waals surface area (Å²) in [5.41, 5.74) is 4.02. The van der Waals surface area contributed by atoms with Crippen LogP contribution in [0.3, 0.4) is 0 Å². The summed E-state index contributed by atoms with van der Waals surface area (Å²) in [7, 11) is 0. The van der Waals surface area contributed by atoms with Crippen molar-refractivity contribution in [3.63, 3.8) is 0 Å². The Morgan fingerprint density at radius 2 is 1.82 bits per heavy atom. The highest BCUT2D eigenvalue weighted by Gasteiger charge is 2.06. The number of aromatic nitrogens is 2. The predicted octanol–water partition coefficient (Wildman–Crippen LogP) is 5.10. The monoisotopic (exact) mass is 297 g/mol. The summed E-state index contributed by atoms with van der Waals surface area (Å²) in [5.74, 6) is -0.336. The third kappa shape index (κ3) is 3.42. The molecule has 0 radical (unpaired) electrons. The fraction of sp³-hybridized carbons (Fsp3) is 0.0625. The van der Waals surface area contributed by atoms with Gasteiger partial charge >= 0.3 is 0 Å². The average Bonchev–Trinajstić information content (AvgIpc) is 2.94. The number of nitrogens with zero attached hydrogens (tertiary/aromatic N) is 3. The molecule has 6 heteroatoms. The number of rotatable bonds is 3. The molecular weight excluding hydrogens is 281 g/mol. The molecule has 112 valence electrons. The fourth-order valence-corrected chi connectivity index (χ4v) is 1.94. The highest BCUT2D eigenvalue weighted by molar-refractivity contribution is 5.71. The van der Waals surface area contributed by atoms with Gasteiger partial charge in [-0.3, -0.25) is 5.10 Å². The lowest BCUT2D eigenvalue weighted by molar-refractivity contribution is 0.628. The quantitative estimate of drug-likeness (QED) is 0.658. The molecule has 2 aromatic carbocycles. The molecule has 0 saturated carbocycles. The maximum absolute atomic E-state index is 13.1. The molecule has 0 saturated heterocycles. The molecule has 22 heavy (non-hydrogen) atoms. The fourth-order valence-electron chi connectivity index (χ4n) is 1.94. The van der Waals surface area contributed by atoms with Crippen LogP contribution in [0.2, 0.25) is 0 Å². The zero-order valence-corrected chi connectivity index (χ0v) is 12.1. The normalized spacial score (nSPS) is 10.6. The van der Waals surface area contributed by atoms with Crippen LogP contribution >= 0.6 is 0 Å². The minimum Gasteiger partial charge on any atom is -0.344 e. The maximum atomic E-state index is 13.1. The molecule has 0 fully saturated rings. The number of benzene rings is 2. The van der Waals surface area contributed by atoms with Gasteiger partial charge in [-0.2, -0.15) is 10.2 Å².